The molecule has 1 unspecified atom stereocenters. The van der Waals surface area contributed by atoms with Gasteiger partial charge in [-0.25, -0.2) is 0 Å². The van der Waals surface area contributed by atoms with E-state index in [0.717, 1.165) is 21.5 Å². The van der Waals surface area contributed by atoms with Gasteiger partial charge >= 0.3 is 19.3 Å². The number of carbonyl (C=O) groups is 2. The van der Waals surface area contributed by atoms with Gasteiger partial charge in [0.2, 0.25) is 0 Å². The first-order chi connectivity index (χ1) is 12.6. The van der Waals surface area contributed by atoms with Crippen LogP contribution in [0, 0.1) is 0 Å². The fourth-order valence-corrected chi connectivity index (χ4v) is 4.92. The number of nitrogens with one attached hydrogen (secondary N) is 1. The number of anilines is 2. The summed E-state index contributed by atoms with van der Waals surface area (Å²) < 4.78 is 54.8. The number of fused-ring (bicyclic) bond motifs is 1. The molecule has 0 spiro atoms. The van der Waals surface area contributed by atoms with Crippen molar-refractivity contribution in [1.82, 2.24) is 4.67 Å². The second kappa shape index (κ2) is 6.42. The molecule has 2 amide bonds. The van der Waals surface area contributed by atoms with Crippen LogP contribution in [0.15, 0.2) is 48.5 Å². The molecule has 10 heteroatoms. The zero-order valence-electron chi connectivity index (χ0n) is 14.3. The highest BCUT2D eigenvalue weighted by molar-refractivity contribution is 7.80. The van der Waals surface area contributed by atoms with Crippen molar-refractivity contribution in [3.05, 3.63) is 59.7 Å². The molecule has 0 bridgehead atoms. The molecule has 1 N–H and O–H groups in total. The van der Waals surface area contributed by atoms with E-state index in [1.165, 1.54) is 38.4 Å². The summed E-state index contributed by atoms with van der Waals surface area (Å²) >= 11 is 0. The predicted molar refractivity (Wildman–Crippen MR) is 95.0 cm³/mol. The topological polar surface area (TPSA) is 69.7 Å². The Morgan fingerprint density at radius 1 is 1.00 bits per heavy atom. The van der Waals surface area contributed by atoms with Gasteiger partial charge in [-0.15, -0.1) is 0 Å². The van der Waals surface area contributed by atoms with E-state index in [4.69, 9.17) is 0 Å². The molecule has 2 aromatic carbocycles. The number of amides is 2. The van der Waals surface area contributed by atoms with E-state index in [1.807, 2.05) is 0 Å². The first kappa shape index (κ1) is 19.0. The molecule has 1 aliphatic rings. The number of para-hydroxylation sites is 2. The van der Waals surface area contributed by atoms with Crippen molar-refractivity contribution in [2.45, 2.75) is 6.18 Å². The maximum absolute atomic E-state index is 13.5. The van der Waals surface area contributed by atoms with Gasteiger partial charge in [0.05, 0.1) is 22.5 Å². The van der Waals surface area contributed by atoms with E-state index in [9.17, 15) is 27.3 Å². The Bertz CT molecular complexity index is 977. The molecule has 142 valence electrons. The van der Waals surface area contributed by atoms with Crippen molar-refractivity contribution < 1.29 is 27.3 Å². The van der Waals surface area contributed by atoms with Gasteiger partial charge < -0.3 is 9.99 Å². The lowest BCUT2D eigenvalue weighted by atomic mass is 10.1. The second-order valence-corrected chi connectivity index (χ2v) is 8.58. The van der Waals surface area contributed by atoms with Crippen LogP contribution < -0.4 is 9.99 Å². The number of carbonyl (C=O) groups excluding carboxylic acids is 2. The van der Waals surface area contributed by atoms with Crippen molar-refractivity contribution >= 4 is 30.4 Å². The zero-order valence-corrected chi connectivity index (χ0v) is 15.2. The van der Waals surface area contributed by atoms with Crippen LogP contribution in [-0.2, 0) is 10.7 Å². The van der Waals surface area contributed by atoms with E-state index < -0.39 is 36.4 Å². The summed E-state index contributed by atoms with van der Waals surface area (Å²) in [6.07, 6.45) is -4.70. The van der Waals surface area contributed by atoms with Gasteiger partial charge in [0, 0.05) is 14.1 Å². The molecule has 3 rings (SSSR count). The molecule has 0 saturated heterocycles. The lowest BCUT2D eigenvalue weighted by Crippen LogP contribution is -2.41. The molecule has 0 aliphatic carbocycles. The van der Waals surface area contributed by atoms with E-state index in [1.54, 1.807) is 12.1 Å². The number of rotatable bonds is 2. The summed E-state index contributed by atoms with van der Waals surface area (Å²) in [6, 6.07) is 10.6. The lowest BCUT2D eigenvalue weighted by molar-refractivity contribution is -0.136. The Morgan fingerprint density at radius 3 is 2.26 bits per heavy atom. The van der Waals surface area contributed by atoms with Gasteiger partial charge in [-0.05, 0) is 24.3 Å². The Balaban J connectivity index is 2.03. The molecule has 1 aliphatic heterocycles. The minimum atomic E-state index is -4.70. The Labute approximate surface area is 153 Å². The Morgan fingerprint density at radius 2 is 1.59 bits per heavy atom. The van der Waals surface area contributed by atoms with Crippen molar-refractivity contribution in [1.29, 1.82) is 0 Å². The highest BCUT2D eigenvalue weighted by Gasteiger charge is 2.49. The number of halogens is 3. The highest BCUT2D eigenvalue weighted by atomic mass is 31.2. The molecule has 1 heterocycles. The third-order valence-electron chi connectivity index (χ3n) is 4.33. The number of hydrogen-bond acceptors (Lipinski definition) is 3. The van der Waals surface area contributed by atoms with Crippen LogP contribution in [0.25, 0.3) is 0 Å². The van der Waals surface area contributed by atoms with Gasteiger partial charge in [0.15, 0.2) is 0 Å². The molecule has 0 fully saturated rings. The van der Waals surface area contributed by atoms with Gasteiger partial charge in [-0.2, -0.15) is 13.2 Å². The average Bonchev–Trinajstić information content (AvgIpc) is 2.64. The maximum atomic E-state index is 13.5. The summed E-state index contributed by atoms with van der Waals surface area (Å²) in [5, 5.41) is 2.08. The van der Waals surface area contributed by atoms with Crippen molar-refractivity contribution in [3.8, 4) is 0 Å². The van der Waals surface area contributed by atoms with Gasteiger partial charge in [0.25, 0.3) is 5.91 Å². The number of benzene rings is 2. The van der Waals surface area contributed by atoms with E-state index in [-0.39, 0.29) is 11.3 Å². The highest BCUT2D eigenvalue weighted by Crippen LogP contribution is 2.59. The normalized spacial score (nSPS) is 19.7. The minimum Gasteiger partial charge on any atom is -0.316 e. The molecular formula is C17H15F3N3O3P. The molecule has 0 radical (unpaired) electrons. The van der Waals surface area contributed by atoms with Crippen LogP contribution in [0.5, 0.6) is 0 Å². The maximum Gasteiger partial charge on any atom is 0.418 e. The first-order valence-corrected chi connectivity index (χ1v) is 9.39. The Hall–Kier alpha value is -2.80. The summed E-state index contributed by atoms with van der Waals surface area (Å²) in [6.45, 7) is 0. The van der Waals surface area contributed by atoms with Crippen LogP contribution >= 0.6 is 7.44 Å². The minimum absolute atomic E-state index is 0.248. The SMILES string of the molecule is CN1C(=O)c2ccccc2N(C)P1(=O)C(=O)Nc1ccccc1C(F)(F)F. The monoisotopic (exact) mass is 397 g/mol. The predicted octanol–water partition coefficient (Wildman–Crippen LogP) is 4.65. The second-order valence-electron chi connectivity index (χ2n) is 5.89. The molecule has 0 saturated carbocycles. The molecule has 2 aromatic rings. The molecule has 1 atom stereocenters. The van der Waals surface area contributed by atoms with E-state index in [2.05, 4.69) is 5.32 Å². The summed E-state index contributed by atoms with van der Waals surface area (Å²) in [5.74, 6) is -0.647. The zero-order chi connectivity index (χ0) is 20.0. The molecule has 0 aromatic heterocycles. The smallest absolute Gasteiger partial charge is 0.316 e. The quantitative estimate of drug-likeness (QED) is 0.749. The van der Waals surface area contributed by atoms with Gasteiger partial charge in [0.1, 0.15) is 0 Å². The van der Waals surface area contributed by atoms with Gasteiger partial charge in [-0.1, -0.05) is 24.3 Å². The number of alkyl halides is 3. The summed E-state index contributed by atoms with van der Waals surface area (Å²) in [4.78, 5) is 25.3. The van der Waals surface area contributed by atoms with Crippen LogP contribution in [0.3, 0.4) is 0 Å². The summed E-state index contributed by atoms with van der Waals surface area (Å²) in [7, 11) is -1.67. The van der Waals surface area contributed by atoms with Crippen LogP contribution in [-0.4, -0.2) is 30.3 Å². The third kappa shape index (κ3) is 2.98. The van der Waals surface area contributed by atoms with Crippen molar-refractivity contribution in [3.63, 3.8) is 0 Å². The Kier molecular flexibility index (Phi) is 4.51. The fraction of sp³-hybridized carbons (Fsp3) is 0.176. The van der Waals surface area contributed by atoms with E-state index >= 15 is 0 Å². The summed E-state index contributed by atoms with van der Waals surface area (Å²) in [5.41, 5.74) is -2.27. The average molecular weight is 397 g/mol. The van der Waals surface area contributed by atoms with Crippen molar-refractivity contribution in [2.24, 2.45) is 0 Å². The first-order valence-electron chi connectivity index (χ1n) is 7.78. The fourth-order valence-electron chi connectivity index (χ4n) is 2.88. The molecular weight excluding hydrogens is 382 g/mol. The van der Waals surface area contributed by atoms with Crippen LogP contribution in [0.4, 0.5) is 29.3 Å². The van der Waals surface area contributed by atoms with E-state index in [0.29, 0.717) is 0 Å². The number of nitrogens with zero attached hydrogens (tertiary/aromatic N) is 2. The largest absolute Gasteiger partial charge is 0.418 e. The lowest BCUT2D eigenvalue weighted by Gasteiger charge is -2.40. The molecule has 6 nitrogen and oxygen atoms in total. The molecule has 27 heavy (non-hydrogen) atoms. The number of hydrogen-bond donors (Lipinski definition) is 1. The van der Waals surface area contributed by atoms with Gasteiger partial charge in [-0.3, -0.25) is 18.8 Å². The standard InChI is InChI=1S/C17H15F3N3O3P/c1-22-14-10-6-3-7-11(14)15(24)23(2)27(22,26)16(25)21-13-9-5-4-8-12(13)17(18,19)20/h3-10H,1-2H3,(H,21,25). The van der Waals surface area contributed by atoms with Crippen LogP contribution in [0.2, 0.25) is 0 Å². The third-order valence-corrected chi connectivity index (χ3v) is 6.99. The van der Waals surface area contributed by atoms with Crippen molar-refractivity contribution in [2.75, 3.05) is 24.1 Å². The van der Waals surface area contributed by atoms with Crippen LogP contribution in [0.1, 0.15) is 15.9 Å².